The molecule has 0 radical (unpaired) electrons. The van der Waals surface area contributed by atoms with Crippen LogP contribution < -0.4 is 10.0 Å². The van der Waals surface area contributed by atoms with Crippen LogP contribution in [0, 0.1) is 17.8 Å². The number of piperidine rings is 1. The number of carbonyl (C=O) groups excluding carboxylic acids is 1. The van der Waals surface area contributed by atoms with Crippen molar-refractivity contribution in [1.29, 1.82) is 0 Å². The minimum Gasteiger partial charge on any atom is -0.391 e. The van der Waals surface area contributed by atoms with E-state index in [0.29, 0.717) is 44.2 Å². The number of hydrogen-bond acceptors (Lipinski definition) is 5. The maximum Gasteiger partial charge on any atom is 0.236 e. The molecule has 0 aromatic rings. The van der Waals surface area contributed by atoms with Gasteiger partial charge < -0.3 is 15.3 Å². The fourth-order valence-electron chi connectivity index (χ4n) is 5.45. The second-order valence-electron chi connectivity index (χ2n) is 9.71. The molecule has 1 aliphatic heterocycles. The quantitative estimate of drug-likeness (QED) is 0.490. The molecule has 31 heavy (non-hydrogen) atoms. The zero-order valence-electron chi connectivity index (χ0n) is 18.5. The number of rotatable bonds is 7. The van der Waals surface area contributed by atoms with Crippen molar-refractivity contribution in [2.24, 2.45) is 17.8 Å². The first-order valence-corrected chi connectivity index (χ1v) is 13.6. The third-order valence-corrected chi connectivity index (χ3v) is 9.10. The Kier molecular flexibility index (Phi) is 8.83. The Morgan fingerprint density at radius 3 is 2.42 bits per heavy atom. The highest BCUT2D eigenvalue weighted by atomic mass is 35.5. The van der Waals surface area contributed by atoms with Crippen LogP contribution in [0.15, 0.2) is 12.0 Å². The summed E-state index contributed by atoms with van der Waals surface area (Å²) in [4.78, 5) is 14.4. The lowest BCUT2D eigenvalue weighted by Gasteiger charge is -2.43. The molecule has 7 nitrogen and oxygen atoms in total. The molecule has 3 aliphatic rings. The zero-order valence-corrected chi connectivity index (χ0v) is 20.1. The summed E-state index contributed by atoms with van der Waals surface area (Å²) in [5.74, 6) is 1.79. The van der Waals surface area contributed by atoms with Crippen molar-refractivity contribution in [3.05, 3.63) is 12.0 Å². The number of aliphatic hydroxyl groups excluding tert-OH is 1. The van der Waals surface area contributed by atoms with E-state index >= 15 is 0 Å². The molecule has 0 aromatic heterocycles. The Morgan fingerprint density at radius 2 is 1.81 bits per heavy atom. The van der Waals surface area contributed by atoms with Crippen LogP contribution in [0.4, 0.5) is 0 Å². The first kappa shape index (κ1) is 25.0. The molecule has 1 amide bonds. The number of likely N-dealkylation sites (tertiary alicyclic amines) is 1. The zero-order chi connectivity index (χ0) is 22.6. The molecule has 1 heterocycles. The van der Waals surface area contributed by atoms with Crippen LogP contribution in [-0.2, 0) is 14.8 Å². The molecular weight excluding hydrogens is 438 g/mol. The van der Waals surface area contributed by atoms with E-state index in [1.54, 1.807) is 4.90 Å². The minimum absolute atomic E-state index is 0.000491. The van der Waals surface area contributed by atoms with Gasteiger partial charge in [-0.1, -0.05) is 26.3 Å². The maximum atomic E-state index is 12.7. The summed E-state index contributed by atoms with van der Waals surface area (Å²) in [6.45, 7) is 6.84. The average molecular weight is 476 g/mol. The molecule has 3 N–H and O–H groups in total. The topological polar surface area (TPSA) is 98.7 Å². The van der Waals surface area contributed by atoms with E-state index in [0.717, 1.165) is 17.7 Å². The smallest absolute Gasteiger partial charge is 0.236 e. The number of carbonyl (C=O) groups is 1. The number of sulfonamides is 1. The molecular formula is C22H38ClN3O4S. The predicted octanol–water partition coefficient (Wildman–Crippen LogP) is 2.20. The summed E-state index contributed by atoms with van der Waals surface area (Å²) >= 11 is 6.65. The third-order valence-electron chi connectivity index (χ3n) is 7.50. The van der Waals surface area contributed by atoms with E-state index in [9.17, 15) is 18.3 Å². The van der Waals surface area contributed by atoms with Gasteiger partial charge >= 0.3 is 0 Å². The molecule has 1 saturated heterocycles. The van der Waals surface area contributed by atoms with E-state index < -0.39 is 16.1 Å². The normalized spacial score (nSPS) is 35.6. The van der Waals surface area contributed by atoms with Gasteiger partial charge in [-0.25, -0.2) is 13.1 Å². The van der Waals surface area contributed by atoms with Gasteiger partial charge in [0.1, 0.15) is 0 Å². The van der Waals surface area contributed by atoms with Crippen LogP contribution in [-0.4, -0.2) is 67.5 Å². The van der Waals surface area contributed by atoms with Gasteiger partial charge in [-0.15, -0.1) is 11.6 Å². The second-order valence-corrected chi connectivity index (χ2v) is 11.9. The van der Waals surface area contributed by atoms with Gasteiger partial charge in [-0.3, -0.25) is 4.79 Å². The fraction of sp³-hybridized carbons (Fsp3) is 0.864. The molecule has 178 valence electrons. The van der Waals surface area contributed by atoms with Gasteiger partial charge in [-0.2, -0.15) is 0 Å². The van der Waals surface area contributed by atoms with Gasteiger partial charge in [0.2, 0.25) is 15.9 Å². The minimum atomic E-state index is -3.45. The Hall–Kier alpha value is -0.670. The highest BCUT2D eigenvalue weighted by Gasteiger charge is 2.40. The highest BCUT2D eigenvalue weighted by molar-refractivity contribution is 7.92. The summed E-state index contributed by atoms with van der Waals surface area (Å²) in [6.07, 6.45) is 6.94. The number of nitrogens with one attached hydrogen (secondary N) is 2. The van der Waals surface area contributed by atoms with Crippen LogP contribution in [0.1, 0.15) is 58.3 Å². The van der Waals surface area contributed by atoms with E-state index in [2.05, 4.69) is 23.5 Å². The van der Waals surface area contributed by atoms with E-state index in [4.69, 9.17) is 11.6 Å². The highest BCUT2D eigenvalue weighted by Crippen LogP contribution is 2.42. The molecule has 3 rings (SSSR count). The van der Waals surface area contributed by atoms with Crippen molar-refractivity contribution in [3.63, 3.8) is 0 Å². The molecule has 0 aromatic carbocycles. The summed E-state index contributed by atoms with van der Waals surface area (Å²) in [7, 11) is -3.45. The lowest BCUT2D eigenvalue weighted by atomic mass is 9.69. The average Bonchev–Trinajstić information content (AvgIpc) is 2.74. The Morgan fingerprint density at radius 1 is 1.16 bits per heavy atom. The largest absolute Gasteiger partial charge is 0.391 e. The number of nitrogens with zero attached hydrogens (tertiary/aromatic N) is 1. The number of amides is 1. The molecule has 4 atom stereocenters. The summed E-state index contributed by atoms with van der Waals surface area (Å²) in [6, 6.07) is -0.278. The number of aliphatic hydroxyl groups is 1. The maximum absolute atomic E-state index is 12.7. The van der Waals surface area contributed by atoms with Crippen LogP contribution in [0.25, 0.3) is 0 Å². The fourth-order valence-corrected chi connectivity index (χ4v) is 6.73. The molecule has 3 fully saturated rings. The Balaban J connectivity index is 1.45. The van der Waals surface area contributed by atoms with Gasteiger partial charge in [0.25, 0.3) is 0 Å². The summed E-state index contributed by atoms with van der Waals surface area (Å²) in [5, 5.41) is 14.8. The lowest BCUT2D eigenvalue weighted by Crippen LogP contribution is -2.53. The number of hydrogen-bond donors (Lipinski definition) is 3. The molecule has 2 saturated carbocycles. The van der Waals surface area contributed by atoms with Crippen molar-refractivity contribution in [2.75, 3.05) is 19.6 Å². The van der Waals surface area contributed by atoms with Crippen LogP contribution in [0.3, 0.4) is 0 Å². The molecule has 9 heteroatoms. The van der Waals surface area contributed by atoms with E-state index in [1.807, 2.05) is 0 Å². The van der Waals surface area contributed by atoms with Crippen LogP contribution >= 0.6 is 11.6 Å². The Labute approximate surface area is 192 Å². The SMILES string of the molecule is C=CS(=O)(=O)NC1CCN(C(=O)CNC2CC(C3CCC(C)CC3)C(Cl)CC2O)CC1. The standard InChI is InChI=1S/C22H38ClN3O4S/c1-3-31(29,30)25-17-8-10-26(11-9-17)22(28)14-24-20-12-18(19(23)13-21(20)27)16-6-4-15(2)5-7-16/h3,15-21,24-25,27H,1,4-14H2,2H3. The molecule has 0 spiro atoms. The van der Waals surface area contributed by atoms with Crippen molar-refractivity contribution in [2.45, 2.75) is 81.9 Å². The lowest BCUT2D eigenvalue weighted by molar-refractivity contribution is -0.131. The number of alkyl halides is 1. The molecule has 2 aliphatic carbocycles. The van der Waals surface area contributed by atoms with Gasteiger partial charge in [-0.05, 0) is 56.3 Å². The van der Waals surface area contributed by atoms with Crippen LogP contribution in [0.5, 0.6) is 0 Å². The molecule has 4 unspecified atom stereocenters. The third kappa shape index (κ3) is 6.90. The molecule has 0 bridgehead atoms. The predicted molar refractivity (Wildman–Crippen MR) is 123 cm³/mol. The summed E-state index contributed by atoms with van der Waals surface area (Å²) in [5.41, 5.74) is 0. The van der Waals surface area contributed by atoms with Crippen LogP contribution in [0.2, 0.25) is 0 Å². The van der Waals surface area contributed by atoms with E-state index in [1.165, 1.54) is 25.7 Å². The van der Waals surface area contributed by atoms with Gasteiger partial charge in [0.15, 0.2) is 0 Å². The van der Waals surface area contributed by atoms with Gasteiger partial charge in [0, 0.05) is 36.0 Å². The summed E-state index contributed by atoms with van der Waals surface area (Å²) < 4.78 is 25.8. The van der Waals surface area contributed by atoms with Crippen molar-refractivity contribution < 1.29 is 18.3 Å². The van der Waals surface area contributed by atoms with Crippen molar-refractivity contribution in [1.82, 2.24) is 14.9 Å². The second kappa shape index (κ2) is 11.0. The first-order chi connectivity index (χ1) is 14.7. The Bertz CT molecular complexity index is 718. The van der Waals surface area contributed by atoms with Crippen molar-refractivity contribution in [3.8, 4) is 0 Å². The van der Waals surface area contributed by atoms with Crippen molar-refractivity contribution >= 4 is 27.5 Å². The number of halogens is 1. The first-order valence-electron chi connectivity index (χ1n) is 11.7. The van der Waals surface area contributed by atoms with E-state index in [-0.39, 0.29) is 29.9 Å². The van der Waals surface area contributed by atoms with Gasteiger partial charge in [0.05, 0.1) is 12.6 Å². The monoisotopic (exact) mass is 475 g/mol.